The molecular weight excluding hydrogens is 466 g/mol. The number of carbonyl (C=O) groups is 1. The molecule has 8 nitrogen and oxygen atoms in total. The molecule has 0 fully saturated rings. The van der Waals surface area contributed by atoms with Gasteiger partial charge >= 0.3 is 6.18 Å². The van der Waals surface area contributed by atoms with Crippen LogP contribution in [0.15, 0.2) is 47.4 Å². The summed E-state index contributed by atoms with van der Waals surface area (Å²) in [4.78, 5) is 11.0. The summed E-state index contributed by atoms with van der Waals surface area (Å²) >= 11 is 0. The lowest BCUT2D eigenvalue weighted by Crippen LogP contribution is -2.29. The van der Waals surface area contributed by atoms with Crippen LogP contribution < -0.4 is 14.8 Å². The lowest BCUT2D eigenvalue weighted by atomic mass is 10.2. The third kappa shape index (κ3) is 7.18. The molecule has 170 valence electrons. The lowest BCUT2D eigenvalue weighted by Gasteiger charge is -2.14. The number of nitrogens with one attached hydrogen (secondary N) is 3. The minimum absolute atomic E-state index is 0.0165. The number of hydrogen-bond donors (Lipinski definition) is 3. The Balaban J connectivity index is 2.03. The van der Waals surface area contributed by atoms with Gasteiger partial charge in [-0.15, -0.1) is 0 Å². The molecule has 0 heterocycles. The topological polar surface area (TPSA) is 121 Å². The summed E-state index contributed by atoms with van der Waals surface area (Å²) in [5.74, 6) is -1.64. The molecule has 3 N–H and O–H groups in total. The van der Waals surface area contributed by atoms with E-state index in [4.69, 9.17) is 0 Å². The van der Waals surface area contributed by atoms with Crippen molar-refractivity contribution >= 4 is 37.3 Å². The predicted octanol–water partition coefficient (Wildman–Crippen LogP) is 2.52. The second kappa shape index (κ2) is 9.20. The van der Waals surface area contributed by atoms with Gasteiger partial charge in [0.15, 0.2) is 0 Å². The second-order valence-electron chi connectivity index (χ2n) is 6.26. The summed E-state index contributed by atoms with van der Waals surface area (Å²) in [5.41, 5.74) is -1.74. The van der Waals surface area contributed by atoms with Crippen LogP contribution in [0.25, 0.3) is 0 Å². The molecule has 2 rings (SSSR count). The molecule has 0 saturated carbocycles. The molecule has 0 radical (unpaired) electrons. The van der Waals surface area contributed by atoms with Crippen LogP contribution in [0.1, 0.15) is 12.0 Å². The van der Waals surface area contributed by atoms with Crippen LogP contribution in [-0.2, 0) is 31.0 Å². The van der Waals surface area contributed by atoms with Crippen molar-refractivity contribution in [2.45, 2.75) is 17.5 Å². The van der Waals surface area contributed by atoms with Gasteiger partial charge in [0, 0.05) is 18.7 Å². The molecule has 31 heavy (non-hydrogen) atoms. The summed E-state index contributed by atoms with van der Waals surface area (Å²) < 4.78 is 103. The van der Waals surface area contributed by atoms with Gasteiger partial charge in [0.2, 0.25) is 26.0 Å². The standard InChI is InChI=1S/C17H17F4N3O5S2/c1-30(26,27)24-14-10-11(6-7-13(14)18)23-16(25)8-9-22-31(28,29)15-5-3-2-4-12(15)17(19,20)21/h2-7,10,22,24H,8-9H2,1H3,(H,23,25). The Morgan fingerprint density at radius 3 is 2.29 bits per heavy atom. The number of sulfonamides is 2. The molecule has 0 atom stereocenters. The molecule has 1 amide bonds. The van der Waals surface area contributed by atoms with Crippen molar-refractivity contribution in [1.29, 1.82) is 0 Å². The van der Waals surface area contributed by atoms with Crippen molar-refractivity contribution < 1.29 is 39.2 Å². The van der Waals surface area contributed by atoms with E-state index < -0.39 is 67.1 Å². The zero-order chi connectivity index (χ0) is 23.4. The Hall–Kier alpha value is -2.71. The Bertz CT molecular complexity index is 1180. The monoisotopic (exact) mass is 483 g/mol. The molecular formula is C17H17F4N3O5S2. The number of halogens is 4. The zero-order valence-electron chi connectivity index (χ0n) is 15.8. The van der Waals surface area contributed by atoms with Crippen molar-refractivity contribution in [3.8, 4) is 0 Å². The van der Waals surface area contributed by atoms with Crippen molar-refractivity contribution in [3.63, 3.8) is 0 Å². The third-order valence-electron chi connectivity index (χ3n) is 3.67. The van der Waals surface area contributed by atoms with Crippen molar-refractivity contribution in [3.05, 3.63) is 53.8 Å². The van der Waals surface area contributed by atoms with Gasteiger partial charge in [0.05, 0.1) is 22.4 Å². The zero-order valence-corrected chi connectivity index (χ0v) is 17.5. The maximum absolute atomic E-state index is 13.7. The van der Waals surface area contributed by atoms with Gasteiger partial charge in [-0.05, 0) is 30.3 Å². The Kier molecular flexibility index (Phi) is 7.28. The highest BCUT2D eigenvalue weighted by Gasteiger charge is 2.36. The Morgan fingerprint density at radius 2 is 1.68 bits per heavy atom. The molecule has 0 bridgehead atoms. The molecule has 2 aromatic carbocycles. The van der Waals surface area contributed by atoms with Gasteiger partial charge < -0.3 is 5.32 Å². The molecule has 0 aliphatic heterocycles. The summed E-state index contributed by atoms with van der Waals surface area (Å²) in [5, 5.41) is 2.30. The van der Waals surface area contributed by atoms with Gasteiger partial charge in [-0.2, -0.15) is 13.2 Å². The number of rotatable bonds is 8. The van der Waals surface area contributed by atoms with Crippen LogP contribution in [0.4, 0.5) is 28.9 Å². The molecule has 0 aromatic heterocycles. The SMILES string of the molecule is CS(=O)(=O)Nc1cc(NC(=O)CCNS(=O)(=O)c2ccccc2C(F)(F)F)ccc1F. The van der Waals surface area contributed by atoms with E-state index in [9.17, 15) is 39.2 Å². The molecule has 0 aliphatic rings. The smallest absolute Gasteiger partial charge is 0.326 e. The first-order chi connectivity index (χ1) is 14.2. The Labute approximate surface area is 175 Å². The van der Waals surface area contributed by atoms with Crippen LogP contribution in [-0.4, -0.2) is 35.5 Å². The van der Waals surface area contributed by atoms with Crippen LogP contribution >= 0.6 is 0 Å². The van der Waals surface area contributed by atoms with Crippen molar-refractivity contribution in [1.82, 2.24) is 4.72 Å². The molecule has 0 unspecified atom stereocenters. The largest absolute Gasteiger partial charge is 0.417 e. The molecule has 14 heteroatoms. The quantitative estimate of drug-likeness (QED) is 0.498. The lowest BCUT2D eigenvalue weighted by molar-refractivity contribution is -0.139. The fourth-order valence-corrected chi connectivity index (χ4v) is 4.23. The minimum Gasteiger partial charge on any atom is -0.326 e. The average Bonchev–Trinajstić information content (AvgIpc) is 2.62. The number of anilines is 2. The average molecular weight is 483 g/mol. The maximum Gasteiger partial charge on any atom is 0.417 e. The number of benzene rings is 2. The first kappa shape index (κ1) is 24.6. The summed E-state index contributed by atoms with van der Waals surface area (Å²) in [6.45, 7) is -0.518. The summed E-state index contributed by atoms with van der Waals surface area (Å²) in [7, 11) is -8.33. The second-order valence-corrected chi connectivity index (χ2v) is 9.74. The van der Waals surface area contributed by atoms with Crippen LogP contribution in [0.3, 0.4) is 0 Å². The highest BCUT2D eigenvalue weighted by molar-refractivity contribution is 7.92. The molecule has 0 spiro atoms. The number of amides is 1. The van der Waals surface area contributed by atoms with Gasteiger partial charge in [0.1, 0.15) is 5.82 Å². The van der Waals surface area contributed by atoms with E-state index >= 15 is 0 Å². The molecule has 0 saturated heterocycles. The molecule has 2 aromatic rings. The van der Waals surface area contributed by atoms with E-state index in [0.717, 1.165) is 42.7 Å². The first-order valence-electron chi connectivity index (χ1n) is 8.42. The van der Waals surface area contributed by atoms with Crippen LogP contribution in [0.2, 0.25) is 0 Å². The summed E-state index contributed by atoms with van der Waals surface area (Å²) in [6, 6.07) is 6.65. The predicted molar refractivity (Wildman–Crippen MR) is 105 cm³/mol. The maximum atomic E-state index is 13.7. The van der Waals surface area contributed by atoms with Gasteiger partial charge in [0.25, 0.3) is 0 Å². The van der Waals surface area contributed by atoms with E-state index in [-0.39, 0.29) is 5.69 Å². The molecule has 0 aliphatic carbocycles. The van der Waals surface area contributed by atoms with Gasteiger partial charge in [-0.3, -0.25) is 9.52 Å². The van der Waals surface area contributed by atoms with Crippen molar-refractivity contribution in [2.75, 3.05) is 22.8 Å². The highest BCUT2D eigenvalue weighted by atomic mass is 32.2. The van der Waals surface area contributed by atoms with E-state index in [1.165, 1.54) is 0 Å². The van der Waals surface area contributed by atoms with E-state index in [2.05, 4.69) is 5.32 Å². The fraction of sp³-hybridized carbons (Fsp3) is 0.235. The number of hydrogen-bond acceptors (Lipinski definition) is 5. The normalized spacial score (nSPS) is 12.4. The Morgan fingerprint density at radius 1 is 1.03 bits per heavy atom. The number of carbonyl (C=O) groups excluding carboxylic acids is 1. The van der Waals surface area contributed by atoms with E-state index in [1.54, 1.807) is 0 Å². The van der Waals surface area contributed by atoms with E-state index in [1.807, 2.05) is 9.44 Å². The highest BCUT2D eigenvalue weighted by Crippen LogP contribution is 2.33. The van der Waals surface area contributed by atoms with Crippen LogP contribution in [0.5, 0.6) is 0 Å². The van der Waals surface area contributed by atoms with Crippen LogP contribution in [0, 0.1) is 5.82 Å². The minimum atomic E-state index is -4.89. The number of alkyl halides is 3. The van der Waals surface area contributed by atoms with Gasteiger partial charge in [-0.1, -0.05) is 12.1 Å². The first-order valence-corrected chi connectivity index (χ1v) is 11.8. The third-order valence-corrected chi connectivity index (χ3v) is 5.78. The van der Waals surface area contributed by atoms with Gasteiger partial charge in [-0.25, -0.2) is 25.9 Å². The van der Waals surface area contributed by atoms with Crippen molar-refractivity contribution in [2.24, 2.45) is 0 Å². The summed E-state index contributed by atoms with van der Waals surface area (Å²) in [6.07, 6.45) is -4.54. The fourth-order valence-electron chi connectivity index (χ4n) is 2.42. The van der Waals surface area contributed by atoms with E-state index in [0.29, 0.717) is 6.07 Å².